The van der Waals surface area contributed by atoms with Crippen molar-refractivity contribution in [1.82, 2.24) is 4.90 Å². The zero-order valence-corrected chi connectivity index (χ0v) is 23.9. The highest BCUT2D eigenvalue weighted by Gasteiger charge is 2.21. The minimum Gasteiger partial charge on any atom is -0.275 e. The monoisotopic (exact) mass is 507 g/mol. The maximum Gasteiger partial charge on any atom is 0.253 e. The summed E-state index contributed by atoms with van der Waals surface area (Å²) in [6.45, 7) is 0.586. The number of carbonyl (C=O) groups excluding carboxylic acids is 2. The predicted octanol–water partition coefficient (Wildman–Crippen LogP) is 9.59. The average molecular weight is 508 g/mol. The molecule has 0 aromatic rings. The van der Waals surface area contributed by atoms with Crippen molar-refractivity contribution >= 4 is 24.4 Å². The summed E-state index contributed by atoms with van der Waals surface area (Å²) < 4.78 is 0. The lowest BCUT2D eigenvalue weighted by molar-refractivity contribution is -0.136. The van der Waals surface area contributed by atoms with E-state index in [1.165, 1.54) is 165 Å². The molecule has 0 aliphatic carbocycles. The molecule has 3 nitrogen and oxygen atoms in total. The standard InChI is InChI=1S/C31H57NO2S/c33-30-26-27-31(34)32(30)28-24-22-20-18-16-14-12-10-8-6-4-2-1-3-5-7-9-11-13-15-17-19-21-23-25-29-35/h26-27,35H,1-25,28-29H2. The van der Waals surface area contributed by atoms with Gasteiger partial charge in [0.05, 0.1) is 0 Å². The summed E-state index contributed by atoms with van der Waals surface area (Å²) in [5.41, 5.74) is 0. The Labute approximate surface area is 223 Å². The Kier molecular flexibility index (Phi) is 23.0. The molecule has 0 aromatic heterocycles. The Hall–Kier alpha value is -0.770. The van der Waals surface area contributed by atoms with E-state index in [4.69, 9.17) is 0 Å². The lowest BCUT2D eigenvalue weighted by Gasteiger charge is -2.12. The van der Waals surface area contributed by atoms with Crippen molar-refractivity contribution in [2.45, 2.75) is 161 Å². The first-order valence-corrected chi connectivity index (χ1v) is 16.0. The molecule has 2 amide bonds. The zero-order chi connectivity index (χ0) is 25.2. The van der Waals surface area contributed by atoms with Gasteiger partial charge in [-0.2, -0.15) is 12.6 Å². The highest BCUT2D eigenvalue weighted by Crippen LogP contribution is 2.16. The molecule has 204 valence electrons. The third kappa shape index (κ3) is 20.0. The average Bonchev–Trinajstić information content (AvgIpc) is 3.18. The number of hydrogen-bond donors (Lipinski definition) is 1. The Morgan fingerprint density at radius 2 is 0.629 bits per heavy atom. The number of carbonyl (C=O) groups is 2. The van der Waals surface area contributed by atoms with E-state index >= 15 is 0 Å². The van der Waals surface area contributed by atoms with Crippen LogP contribution in [0.15, 0.2) is 12.2 Å². The summed E-state index contributed by atoms with van der Waals surface area (Å²) in [7, 11) is 0. The molecule has 0 radical (unpaired) electrons. The van der Waals surface area contributed by atoms with Crippen LogP contribution < -0.4 is 0 Å². The van der Waals surface area contributed by atoms with Crippen LogP contribution in [0.2, 0.25) is 0 Å². The quantitative estimate of drug-likeness (QED) is 0.0682. The normalized spacial score (nSPS) is 13.5. The van der Waals surface area contributed by atoms with E-state index in [-0.39, 0.29) is 11.8 Å². The number of imide groups is 1. The largest absolute Gasteiger partial charge is 0.275 e. The van der Waals surface area contributed by atoms with Crippen LogP contribution in [-0.4, -0.2) is 29.0 Å². The van der Waals surface area contributed by atoms with Gasteiger partial charge in [-0.15, -0.1) is 0 Å². The van der Waals surface area contributed by atoms with Crippen LogP contribution in [0.4, 0.5) is 0 Å². The number of amides is 2. The summed E-state index contributed by atoms with van der Waals surface area (Å²) in [6, 6.07) is 0. The smallest absolute Gasteiger partial charge is 0.253 e. The van der Waals surface area contributed by atoms with Gasteiger partial charge in [-0.1, -0.05) is 148 Å². The number of nitrogens with zero attached hydrogens (tertiary/aromatic N) is 1. The van der Waals surface area contributed by atoms with Crippen molar-refractivity contribution in [2.24, 2.45) is 0 Å². The van der Waals surface area contributed by atoms with E-state index in [1.807, 2.05) is 0 Å². The fourth-order valence-electron chi connectivity index (χ4n) is 5.10. The SMILES string of the molecule is O=C1C=CC(=O)N1CCCCCCCCCCCCCCCCCCCCCCCCCCCS. The van der Waals surface area contributed by atoms with Gasteiger partial charge in [0.15, 0.2) is 0 Å². The summed E-state index contributed by atoms with van der Waals surface area (Å²) in [6.07, 6.45) is 37.1. The second-order valence-corrected chi connectivity index (χ2v) is 11.2. The molecule has 4 heteroatoms. The Morgan fingerprint density at radius 1 is 0.400 bits per heavy atom. The Bertz CT molecular complexity index is 516. The first kappa shape index (κ1) is 32.3. The minimum atomic E-state index is -0.145. The van der Waals surface area contributed by atoms with E-state index in [9.17, 15) is 9.59 Å². The molecule has 0 fully saturated rings. The molecule has 0 unspecified atom stereocenters. The van der Waals surface area contributed by atoms with Crippen LogP contribution >= 0.6 is 12.6 Å². The van der Waals surface area contributed by atoms with Gasteiger partial charge < -0.3 is 0 Å². The molecule has 0 saturated heterocycles. The predicted molar refractivity (Wildman–Crippen MR) is 155 cm³/mol. The van der Waals surface area contributed by atoms with Crippen molar-refractivity contribution in [2.75, 3.05) is 12.3 Å². The molecular weight excluding hydrogens is 450 g/mol. The van der Waals surface area contributed by atoms with Crippen LogP contribution in [0.25, 0.3) is 0 Å². The minimum absolute atomic E-state index is 0.145. The first-order chi connectivity index (χ1) is 17.3. The van der Waals surface area contributed by atoms with Gasteiger partial charge in [0, 0.05) is 18.7 Å². The lowest BCUT2D eigenvalue weighted by Crippen LogP contribution is -2.30. The molecule has 0 bridgehead atoms. The summed E-state index contributed by atoms with van der Waals surface area (Å²) in [5, 5.41) is 0. The maximum atomic E-state index is 11.5. The highest BCUT2D eigenvalue weighted by molar-refractivity contribution is 7.80. The number of thiol groups is 1. The lowest BCUT2D eigenvalue weighted by atomic mass is 10.0. The van der Waals surface area contributed by atoms with E-state index in [2.05, 4.69) is 12.6 Å². The van der Waals surface area contributed by atoms with Gasteiger partial charge in [-0.25, -0.2) is 0 Å². The molecule has 0 saturated carbocycles. The van der Waals surface area contributed by atoms with Crippen LogP contribution in [-0.2, 0) is 9.59 Å². The zero-order valence-electron chi connectivity index (χ0n) is 23.0. The van der Waals surface area contributed by atoms with E-state index in [1.54, 1.807) is 0 Å². The van der Waals surface area contributed by atoms with Crippen LogP contribution in [0.3, 0.4) is 0 Å². The summed E-state index contributed by atoms with van der Waals surface area (Å²) in [5.74, 6) is 0.765. The second-order valence-electron chi connectivity index (χ2n) is 10.7. The van der Waals surface area contributed by atoms with Crippen molar-refractivity contribution < 1.29 is 9.59 Å². The van der Waals surface area contributed by atoms with Gasteiger partial charge in [0.2, 0.25) is 0 Å². The van der Waals surface area contributed by atoms with Crippen molar-refractivity contribution in [1.29, 1.82) is 0 Å². The molecule has 0 spiro atoms. The number of hydrogen-bond acceptors (Lipinski definition) is 3. The van der Waals surface area contributed by atoms with E-state index in [0.29, 0.717) is 6.54 Å². The van der Waals surface area contributed by atoms with Gasteiger partial charge >= 0.3 is 0 Å². The Morgan fingerprint density at radius 3 is 0.886 bits per heavy atom. The first-order valence-electron chi connectivity index (χ1n) is 15.4. The third-order valence-corrected chi connectivity index (χ3v) is 7.76. The Balaban J connectivity index is 1.65. The van der Waals surface area contributed by atoms with Crippen molar-refractivity contribution in [3.05, 3.63) is 12.2 Å². The molecular formula is C31H57NO2S. The molecule has 0 atom stereocenters. The fourth-order valence-corrected chi connectivity index (χ4v) is 5.32. The van der Waals surface area contributed by atoms with Crippen LogP contribution in [0.1, 0.15) is 161 Å². The van der Waals surface area contributed by atoms with Gasteiger partial charge in [0.1, 0.15) is 0 Å². The topological polar surface area (TPSA) is 37.4 Å². The van der Waals surface area contributed by atoms with Crippen molar-refractivity contribution in [3.63, 3.8) is 0 Å². The van der Waals surface area contributed by atoms with Crippen LogP contribution in [0.5, 0.6) is 0 Å². The molecule has 1 heterocycles. The van der Waals surface area contributed by atoms with E-state index in [0.717, 1.165) is 18.6 Å². The molecule has 35 heavy (non-hydrogen) atoms. The summed E-state index contributed by atoms with van der Waals surface area (Å²) in [4.78, 5) is 24.3. The van der Waals surface area contributed by atoms with Crippen molar-refractivity contribution in [3.8, 4) is 0 Å². The molecule has 1 rings (SSSR count). The molecule has 1 aliphatic heterocycles. The van der Waals surface area contributed by atoms with Gasteiger partial charge in [0.25, 0.3) is 11.8 Å². The third-order valence-electron chi connectivity index (χ3n) is 7.44. The fraction of sp³-hybridized carbons (Fsp3) is 0.871. The van der Waals surface area contributed by atoms with Gasteiger partial charge in [-0.05, 0) is 18.6 Å². The number of rotatable bonds is 27. The molecule has 0 N–H and O–H groups in total. The maximum absolute atomic E-state index is 11.5. The molecule has 0 aromatic carbocycles. The van der Waals surface area contributed by atoms with E-state index < -0.39 is 0 Å². The van der Waals surface area contributed by atoms with Gasteiger partial charge in [-0.3, -0.25) is 14.5 Å². The van der Waals surface area contributed by atoms with Crippen LogP contribution in [0, 0.1) is 0 Å². The second kappa shape index (κ2) is 24.9. The highest BCUT2D eigenvalue weighted by atomic mass is 32.1. The molecule has 1 aliphatic rings. The summed E-state index contributed by atoms with van der Waals surface area (Å²) >= 11 is 4.27. The number of unbranched alkanes of at least 4 members (excludes halogenated alkanes) is 24.